The number of hydrogen-bond donors (Lipinski definition) is 0. The Morgan fingerprint density at radius 1 is 1.30 bits per heavy atom. The molecule has 2 atom stereocenters. The van der Waals surface area contributed by atoms with E-state index in [0.29, 0.717) is 30.1 Å². The number of pyridine rings is 1. The largest absolute Gasteiger partial charge is 0.491 e. The molecule has 0 radical (unpaired) electrons. The molecule has 1 saturated carbocycles. The predicted octanol–water partition coefficient (Wildman–Crippen LogP) is 4.01. The predicted molar refractivity (Wildman–Crippen MR) is 123 cm³/mol. The number of anilines is 1. The molecule has 1 aliphatic carbocycles. The van der Waals surface area contributed by atoms with Gasteiger partial charge in [-0.3, -0.25) is 9.36 Å². The highest BCUT2D eigenvalue weighted by Crippen LogP contribution is 2.40. The minimum Gasteiger partial charge on any atom is -0.491 e. The molecule has 33 heavy (non-hydrogen) atoms. The van der Waals surface area contributed by atoms with Gasteiger partial charge in [0.2, 0.25) is 5.95 Å². The number of aromatic nitrogens is 3. The van der Waals surface area contributed by atoms with E-state index in [2.05, 4.69) is 16.9 Å². The summed E-state index contributed by atoms with van der Waals surface area (Å²) in [5, 5.41) is 9.11. The van der Waals surface area contributed by atoms with Gasteiger partial charge in [-0.05, 0) is 48.4 Å². The number of aryl methyl sites for hydroxylation is 1. The lowest BCUT2D eigenvalue weighted by atomic mass is 10.2. The number of nitrogens with zero attached hydrogens (tertiary/aromatic N) is 5. The molecule has 1 aromatic carbocycles. The fourth-order valence-electron chi connectivity index (χ4n) is 3.64. The standard InChI is InChI=1S/C24H23ClFN5O2/c1-3-15-10-28-24(29-11-15)30(2)12-17-6-18(17)14-33-22-8-23(32)31(13-20(22)25)19-5-4-16(9-27)21(26)7-19/h4-5,7-8,10-11,13,17-18H,3,6,12,14H2,1-2H3. The van der Waals surface area contributed by atoms with E-state index in [0.717, 1.165) is 31.0 Å². The van der Waals surface area contributed by atoms with Gasteiger partial charge in [-0.15, -0.1) is 0 Å². The van der Waals surface area contributed by atoms with Crippen LogP contribution in [0.25, 0.3) is 5.69 Å². The van der Waals surface area contributed by atoms with Crippen molar-refractivity contribution in [2.45, 2.75) is 19.8 Å². The van der Waals surface area contributed by atoms with E-state index in [1.165, 1.54) is 29.0 Å². The van der Waals surface area contributed by atoms with Gasteiger partial charge in [0.25, 0.3) is 5.56 Å². The van der Waals surface area contributed by atoms with Crippen molar-refractivity contribution < 1.29 is 9.13 Å². The minimum absolute atomic E-state index is 0.0907. The highest BCUT2D eigenvalue weighted by Gasteiger charge is 2.38. The third-order valence-corrected chi connectivity index (χ3v) is 6.08. The van der Waals surface area contributed by atoms with Crippen LogP contribution in [0.5, 0.6) is 5.75 Å². The zero-order valence-corrected chi connectivity index (χ0v) is 19.1. The van der Waals surface area contributed by atoms with E-state index in [4.69, 9.17) is 21.6 Å². The van der Waals surface area contributed by atoms with E-state index in [1.54, 1.807) is 6.07 Å². The Morgan fingerprint density at radius 3 is 2.73 bits per heavy atom. The lowest BCUT2D eigenvalue weighted by Crippen LogP contribution is -2.23. The fraction of sp³-hybridized carbons (Fsp3) is 0.333. The van der Waals surface area contributed by atoms with Crippen LogP contribution in [0.3, 0.4) is 0 Å². The molecule has 0 aliphatic heterocycles. The maximum Gasteiger partial charge on any atom is 0.258 e. The summed E-state index contributed by atoms with van der Waals surface area (Å²) in [6.45, 7) is 3.33. The van der Waals surface area contributed by atoms with Crippen molar-refractivity contribution in [3.05, 3.63) is 75.2 Å². The minimum atomic E-state index is -0.699. The second-order valence-corrected chi connectivity index (χ2v) is 8.57. The second-order valence-electron chi connectivity index (χ2n) is 8.16. The van der Waals surface area contributed by atoms with E-state index >= 15 is 0 Å². The molecule has 3 aromatic rings. The fourth-order valence-corrected chi connectivity index (χ4v) is 3.85. The van der Waals surface area contributed by atoms with Gasteiger partial charge in [-0.1, -0.05) is 18.5 Å². The molecule has 1 fully saturated rings. The summed E-state index contributed by atoms with van der Waals surface area (Å²) < 4.78 is 21.0. The molecule has 4 rings (SSSR count). The van der Waals surface area contributed by atoms with Crippen molar-refractivity contribution in [3.63, 3.8) is 0 Å². The van der Waals surface area contributed by atoms with E-state index in [-0.39, 0.29) is 16.3 Å². The molecular formula is C24H23ClFN5O2. The second kappa shape index (κ2) is 9.59. The topological polar surface area (TPSA) is 84.0 Å². The van der Waals surface area contributed by atoms with Crippen LogP contribution in [0.4, 0.5) is 10.3 Å². The number of halogens is 2. The molecule has 0 N–H and O–H groups in total. The quantitative estimate of drug-likeness (QED) is 0.497. The summed E-state index contributed by atoms with van der Waals surface area (Å²) in [4.78, 5) is 23.4. The van der Waals surface area contributed by atoms with Crippen LogP contribution in [0.1, 0.15) is 24.5 Å². The third kappa shape index (κ3) is 5.15. The summed E-state index contributed by atoms with van der Waals surface area (Å²) in [6.07, 6.45) is 7.02. The van der Waals surface area contributed by atoms with Gasteiger partial charge in [-0.2, -0.15) is 5.26 Å². The molecular weight excluding hydrogens is 445 g/mol. The van der Waals surface area contributed by atoms with Crippen LogP contribution in [0.15, 0.2) is 47.7 Å². The van der Waals surface area contributed by atoms with Crippen molar-refractivity contribution in [3.8, 4) is 17.5 Å². The summed E-state index contributed by atoms with van der Waals surface area (Å²) >= 11 is 6.32. The molecule has 2 aromatic heterocycles. The SMILES string of the molecule is CCc1cnc(N(C)CC2CC2COc2cc(=O)n(-c3ccc(C#N)c(F)c3)cc2Cl)nc1. The van der Waals surface area contributed by atoms with E-state index in [9.17, 15) is 9.18 Å². The molecule has 0 amide bonds. The van der Waals surface area contributed by atoms with Gasteiger partial charge in [0.1, 0.15) is 17.6 Å². The lowest BCUT2D eigenvalue weighted by Gasteiger charge is -2.17. The van der Waals surface area contributed by atoms with Gasteiger partial charge < -0.3 is 9.64 Å². The smallest absolute Gasteiger partial charge is 0.258 e. The maximum absolute atomic E-state index is 13.9. The monoisotopic (exact) mass is 467 g/mol. The molecule has 9 heteroatoms. The molecule has 2 unspecified atom stereocenters. The Labute approximate surface area is 196 Å². The van der Waals surface area contributed by atoms with E-state index in [1.807, 2.05) is 24.3 Å². The first-order valence-corrected chi connectivity index (χ1v) is 11.0. The molecule has 7 nitrogen and oxygen atoms in total. The Balaban J connectivity index is 1.35. The maximum atomic E-state index is 13.9. The van der Waals surface area contributed by atoms with Crippen LogP contribution >= 0.6 is 11.6 Å². The van der Waals surface area contributed by atoms with Gasteiger partial charge >= 0.3 is 0 Å². The highest BCUT2D eigenvalue weighted by atomic mass is 35.5. The first-order valence-electron chi connectivity index (χ1n) is 10.7. The van der Waals surface area contributed by atoms with Crippen LogP contribution in [0, 0.1) is 29.0 Å². The molecule has 0 saturated heterocycles. The molecule has 0 bridgehead atoms. The van der Waals surface area contributed by atoms with Crippen LogP contribution in [-0.4, -0.2) is 34.7 Å². The normalized spacial score (nSPS) is 16.8. The molecule has 0 spiro atoms. The van der Waals surface area contributed by atoms with Gasteiger partial charge in [0.05, 0.1) is 22.9 Å². The van der Waals surface area contributed by atoms with Gasteiger partial charge in [0, 0.05) is 38.2 Å². The van der Waals surface area contributed by atoms with Crippen molar-refractivity contribution in [2.75, 3.05) is 25.1 Å². The number of nitriles is 1. The summed E-state index contributed by atoms with van der Waals surface area (Å²) in [5.41, 5.74) is 0.891. The van der Waals surface area contributed by atoms with Crippen molar-refractivity contribution in [1.29, 1.82) is 5.26 Å². The Kier molecular flexibility index (Phi) is 6.61. The molecule has 1 aliphatic rings. The number of rotatable bonds is 8. The Bertz CT molecular complexity index is 1260. The lowest BCUT2D eigenvalue weighted by molar-refractivity contribution is 0.291. The van der Waals surface area contributed by atoms with Crippen LogP contribution in [-0.2, 0) is 6.42 Å². The zero-order valence-electron chi connectivity index (χ0n) is 18.3. The summed E-state index contributed by atoms with van der Waals surface area (Å²) in [6, 6.07) is 6.99. The first kappa shape index (κ1) is 22.7. The van der Waals surface area contributed by atoms with Crippen LogP contribution in [0.2, 0.25) is 5.02 Å². The van der Waals surface area contributed by atoms with Gasteiger partial charge in [-0.25, -0.2) is 14.4 Å². The molecule has 2 heterocycles. The van der Waals surface area contributed by atoms with Crippen LogP contribution < -0.4 is 15.2 Å². The first-order chi connectivity index (χ1) is 15.9. The highest BCUT2D eigenvalue weighted by molar-refractivity contribution is 6.31. The zero-order chi connectivity index (χ0) is 23.5. The Hall–Kier alpha value is -3.44. The molecule has 170 valence electrons. The number of hydrogen-bond acceptors (Lipinski definition) is 6. The number of ether oxygens (including phenoxy) is 1. The van der Waals surface area contributed by atoms with Crippen molar-refractivity contribution >= 4 is 17.5 Å². The number of benzene rings is 1. The van der Waals surface area contributed by atoms with E-state index < -0.39 is 11.4 Å². The summed E-state index contributed by atoms with van der Waals surface area (Å²) in [5.74, 6) is 1.10. The average Bonchev–Trinajstić information content (AvgIpc) is 3.56. The third-order valence-electron chi connectivity index (χ3n) is 5.79. The summed E-state index contributed by atoms with van der Waals surface area (Å²) in [7, 11) is 1.97. The average molecular weight is 468 g/mol. The van der Waals surface area contributed by atoms with Crippen molar-refractivity contribution in [2.24, 2.45) is 11.8 Å². The van der Waals surface area contributed by atoms with Crippen molar-refractivity contribution in [1.82, 2.24) is 14.5 Å². The van der Waals surface area contributed by atoms with Gasteiger partial charge in [0.15, 0.2) is 0 Å². The Morgan fingerprint density at radius 2 is 2.06 bits per heavy atom.